The maximum atomic E-state index is 5.83. The number of benzene rings is 1. The minimum atomic E-state index is 0.343. The van der Waals surface area contributed by atoms with Gasteiger partial charge >= 0.3 is 0 Å². The Morgan fingerprint density at radius 2 is 2.00 bits per heavy atom. The lowest BCUT2D eigenvalue weighted by atomic mass is 9.92. The molecule has 0 spiro atoms. The van der Waals surface area contributed by atoms with Crippen LogP contribution in [0.4, 0.5) is 0 Å². The molecule has 2 aromatic rings. The molecule has 0 fully saturated rings. The highest BCUT2D eigenvalue weighted by molar-refractivity contribution is 7.09. The first-order valence-corrected chi connectivity index (χ1v) is 7.72. The fourth-order valence-electron chi connectivity index (χ4n) is 2.51. The van der Waals surface area contributed by atoms with Crippen molar-refractivity contribution in [1.82, 2.24) is 4.98 Å². The summed E-state index contributed by atoms with van der Waals surface area (Å²) in [6.45, 7) is 0.837. The van der Waals surface area contributed by atoms with E-state index in [1.54, 1.807) is 11.3 Å². The van der Waals surface area contributed by atoms with E-state index in [-0.39, 0.29) is 0 Å². The Labute approximate surface area is 122 Å². The maximum absolute atomic E-state index is 5.83. The molecule has 0 saturated carbocycles. The standard InChI is InChI=1S/C15H18N2O2S/c16-19-8-13-10-20-15(17-13)9-18-14-6-5-11-3-1-2-4-12(11)7-14/h5-7,10H,1-4,8-9,16H2. The van der Waals surface area contributed by atoms with Gasteiger partial charge in [-0.25, -0.2) is 10.9 Å². The van der Waals surface area contributed by atoms with E-state index < -0.39 is 0 Å². The fraction of sp³-hybridized carbons (Fsp3) is 0.400. The highest BCUT2D eigenvalue weighted by Crippen LogP contribution is 2.26. The third kappa shape index (κ3) is 3.17. The molecule has 4 nitrogen and oxygen atoms in total. The lowest BCUT2D eigenvalue weighted by Gasteiger charge is -2.16. The summed E-state index contributed by atoms with van der Waals surface area (Å²) in [5, 5.41) is 2.88. The molecule has 1 aliphatic rings. The zero-order valence-electron chi connectivity index (χ0n) is 11.3. The molecule has 0 aliphatic heterocycles. The summed E-state index contributed by atoms with van der Waals surface area (Å²) in [5.41, 5.74) is 3.76. The van der Waals surface area contributed by atoms with Crippen molar-refractivity contribution < 1.29 is 9.57 Å². The number of nitrogens with zero attached hydrogens (tertiary/aromatic N) is 1. The number of rotatable bonds is 5. The van der Waals surface area contributed by atoms with Gasteiger partial charge in [0.05, 0.1) is 5.69 Å². The Morgan fingerprint density at radius 3 is 2.85 bits per heavy atom. The number of aryl methyl sites for hydroxylation is 2. The van der Waals surface area contributed by atoms with Crippen LogP contribution >= 0.6 is 11.3 Å². The van der Waals surface area contributed by atoms with Gasteiger partial charge in [0.1, 0.15) is 24.0 Å². The van der Waals surface area contributed by atoms with E-state index >= 15 is 0 Å². The number of ether oxygens (including phenoxy) is 1. The molecule has 0 unspecified atom stereocenters. The van der Waals surface area contributed by atoms with Crippen molar-refractivity contribution in [3.8, 4) is 5.75 Å². The Hall–Kier alpha value is -1.43. The van der Waals surface area contributed by atoms with Crippen LogP contribution in [-0.4, -0.2) is 4.98 Å². The van der Waals surface area contributed by atoms with Crippen LogP contribution in [0.15, 0.2) is 23.6 Å². The van der Waals surface area contributed by atoms with E-state index in [1.807, 2.05) is 5.38 Å². The first-order valence-electron chi connectivity index (χ1n) is 6.85. The van der Waals surface area contributed by atoms with E-state index in [0.29, 0.717) is 13.2 Å². The number of hydrogen-bond donors (Lipinski definition) is 1. The summed E-state index contributed by atoms with van der Waals surface area (Å²) >= 11 is 1.57. The summed E-state index contributed by atoms with van der Waals surface area (Å²) in [7, 11) is 0. The maximum Gasteiger partial charge on any atom is 0.140 e. The van der Waals surface area contributed by atoms with Crippen molar-refractivity contribution >= 4 is 11.3 Å². The SMILES string of the molecule is NOCc1csc(COc2ccc3c(c2)CCCC3)n1. The van der Waals surface area contributed by atoms with Gasteiger partial charge in [-0.1, -0.05) is 6.07 Å². The minimum absolute atomic E-state index is 0.343. The first kappa shape index (κ1) is 13.5. The van der Waals surface area contributed by atoms with Crippen LogP contribution in [0, 0.1) is 0 Å². The normalized spacial score (nSPS) is 14.1. The predicted octanol–water partition coefficient (Wildman–Crippen LogP) is 2.99. The van der Waals surface area contributed by atoms with E-state index in [9.17, 15) is 0 Å². The summed E-state index contributed by atoms with van der Waals surface area (Å²) in [5.74, 6) is 5.96. The van der Waals surface area contributed by atoms with Crippen LogP contribution in [0.2, 0.25) is 0 Å². The number of aromatic nitrogens is 1. The number of hydrogen-bond acceptors (Lipinski definition) is 5. The Bertz CT molecular complexity index is 583. The molecule has 1 aromatic heterocycles. The Morgan fingerprint density at radius 1 is 1.15 bits per heavy atom. The van der Waals surface area contributed by atoms with Crippen LogP contribution in [0.5, 0.6) is 5.75 Å². The van der Waals surface area contributed by atoms with E-state index in [1.165, 1.54) is 36.8 Å². The molecule has 0 radical (unpaired) electrons. The molecule has 106 valence electrons. The second kappa shape index (κ2) is 6.35. The molecule has 3 rings (SSSR count). The van der Waals surface area contributed by atoms with E-state index in [2.05, 4.69) is 28.0 Å². The van der Waals surface area contributed by atoms with Gasteiger partial charge in [0, 0.05) is 5.38 Å². The second-order valence-corrected chi connectivity index (χ2v) is 5.91. The number of nitrogens with two attached hydrogens (primary N) is 1. The molecule has 1 heterocycles. The molecule has 0 atom stereocenters. The van der Waals surface area contributed by atoms with Gasteiger partial charge in [0.2, 0.25) is 0 Å². The smallest absolute Gasteiger partial charge is 0.140 e. The van der Waals surface area contributed by atoms with Crippen molar-refractivity contribution in [2.24, 2.45) is 5.90 Å². The average Bonchev–Trinajstić information content (AvgIpc) is 2.93. The second-order valence-electron chi connectivity index (χ2n) is 4.97. The number of thiazole rings is 1. The molecular weight excluding hydrogens is 272 g/mol. The number of fused-ring (bicyclic) bond motifs is 1. The topological polar surface area (TPSA) is 57.4 Å². The average molecular weight is 290 g/mol. The summed E-state index contributed by atoms with van der Waals surface area (Å²) in [6.07, 6.45) is 4.95. The molecule has 0 bridgehead atoms. The van der Waals surface area contributed by atoms with Gasteiger partial charge in [-0.2, -0.15) is 0 Å². The quantitative estimate of drug-likeness (QED) is 0.860. The van der Waals surface area contributed by atoms with Crippen LogP contribution in [0.1, 0.15) is 34.7 Å². The lowest BCUT2D eigenvalue weighted by molar-refractivity contribution is 0.121. The molecule has 0 saturated heterocycles. The molecule has 20 heavy (non-hydrogen) atoms. The predicted molar refractivity (Wildman–Crippen MR) is 78.5 cm³/mol. The minimum Gasteiger partial charge on any atom is -0.486 e. The summed E-state index contributed by atoms with van der Waals surface area (Å²) in [4.78, 5) is 8.96. The summed E-state index contributed by atoms with van der Waals surface area (Å²) < 4.78 is 5.83. The van der Waals surface area contributed by atoms with Gasteiger partial charge in [0.15, 0.2) is 0 Å². The fourth-order valence-corrected chi connectivity index (χ4v) is 3.20. The zero-order chi connectivity index (χ0) is 13.8. The van der Waals surface area contributed by atoms with Gasteiger partial charge in [-0.15, -0.1) is 11.3 Å². The molecule has 2 N–H and O–H groups in total. The van der Waals surface area contributed by atoms with Crippen molar-refractivity contribution in [2.45, 2.75) is 38.9 Å². The molecule has 1 aliphatic carbocycles. The van der Waals surface area contributed by atoms with E-state index in [0.717, 1.165) is 16.5 Å². The van der Waals surface area contributed by atoms with Crippen LogP contribution < -0.4 is 10.6 Å². The Balaban J connectivity index is 1.62. The molecule has 1 aromatic carbocycles. The van der Waals surface area contributed by atoms with Crippen LogP contribution in [-0.2, 0) is 30.9 Å². The monoisotopic (exact) mass is 290 g/mol. The zero-order valence-corrected chi connectivity index (χ0v) is 12.1. The van der Waals surface area contributed by atoms with Crippen LogP contribution in [0.25, 0.3) is 0 Å². The van der Waals surface area contributed by atoms with Crippen LogP contribution in [0.3, 0.4) is 0 Å². The highest BCUT2D eigenvalue weighted by Gasteiger charge is 2.10. The highest BCUT2D eigenvalue weighted by atomic mass is 32.1. The van der Waals surface area contributed by atoms with Crippen molar-refractivity contribution in [3.05, 3.63) is 45.4 Å². The van der Waals surface area contributed by atoms with Gasteiger partial charge in [0.25, 0.3) is 0 Å². The van der Waals surface area contributed by atoms with Gasteiger partial charge in [-0.3, -0.25) is 4.84 Å². The summed E-state index contributed by atoms with van der Waals surface area (Å²) in [6, 6.07) is 6.42. The van der Waals surface area contributed by atoms with Crippen molar-refractivity contribution in [3.63, 3.8) is 0 Å². The van der Waals surface area contributed by atoms with Crippen molar-refractivity contribution in [1.29, 1.82) is 0 Å². The van der Waals surface area contributed by atoms with Gasteiger partial charge in [-0.05, 0) is 48.9 Å². The Kier molecular flexibility index (Phi) is 4.30. The molecule has 5 heteroatoms. The third-order valence-corrected chi connectivity index (χ3v) is 4.38. The third-order valence-electron chi connectivity index (χ3n) is 3.51. The first-order chi connectivity index (χ1) is 9.85. The lowest BCUT2D eigenvalue weighted by Crippen LogP contribution is -2.03. The van der Waals surface area contributed by atoms with Gasteiger partial charge < -0.3 is 4.74 Å². The molecular formula is C15H18N2O2S. The van der Waals surface area contributed by atoms with Crippen molar-refractivity contribution in [2.75, 3.05) is 0 Å². The largest absolute Gasteiger partial charge is 0.486 e. The van der Waals surface area contributed by atoms with E-state index in [4.69, 9.17) is 10.6 Å². The molecule has 0 amide bonds.